The standard InChI is InChI=1S/C16H19NO2S2/c1-16(2,3)14(18)19-10-6-7-11-20-15-17-12-8-4-5-9-13(12)21-15/h4-9H,10-11H2,1-3H3/b7-6+. The summed E-state index contributed by atoms with van der Waals surface area (Å²) in [6.45, 7) is 5.88. The van der Waals surface area contributed by atoms with Gasteiger partial charge in [0.05, 0.1) is 15.6 Å². The van der Waals surface area contributed by atoms with Gasteiger partial charge in [-0.25, -0.2) is 4.98 Å². The lowest BCUT2D eigenvalue weighted by atomic mass is 9.97. The van der Waals surface area contributed by atoms with Gasteiger partial charge in [0, 0.05) is 5.75 Å². The molecule has 0 radical (unpaired) electrons. The molecule has 0 aliphatic carbocycles. The number of para-hydroxylation sites is 1. The molecule has 1 heterocycles. The van der Waals surface area contributed by atoms with Gasteiger partial charge in [-0.3, -0.25) is 4.79 Å². The molecule has 2 aromatic rings. The smallest absolute Gasteiger partial charge is 0.311 e. The van der Waals surface area contributed by atoms with Crippen molar-refractivity contribution in [2.75, 3.05) is 12.4 Å². The fourth-order valence-corrected chi connectivity index (χ4v) is 3.45. The van der Waals surface area contributed by atoms with Crippen molar-refractivity contribution in [2.24, 2.45) is 5.41 Å². The number of ether oxygens (including phenoxy) is 1. The Morgan fingerprint density at radius 3 is 2.81 bits per heavy atom. The van der Waals surface area contributed by atoms with Crippen LogP contribution in [0.4, 0.5) is 0 Å². The van der Waals surface area contributed by atoms with Crippen molar-refractivity contribution in [3.63, 3.8) is 0 Å². The molecule has 1 aromatic carbocycles. The van der Waals surface area contributed by atoms with E-state index in [0.717, 1.165) is 15.6 Å². The fourth-order valence-electron chi connectivity index (χ4n) is 1.51. The summed E-state index contributed by atoms with van der Waals surface area (Å²) in [4.78, 5) is 16.1. The lowest BCUT2D eigenvalue weighted by Gasteiger charge is -2.15. The largest absolute Gasteiger partial charge is 0.461 e. The monoisotopic (exact) mass is 321 g/mol. The Kier molecular flexibility index (Phi) is 5.42. The minimum absolute atomic E-state index is 0.175. The molecule has 5 heteroatoms. The van der Waals surface area contributed by atoms with Gasteiger partial charge in [-0.2, -0.15) is 0 Å². The SMILES string of the molecule is CC(C)(C)C(=O)OC/C=C/CSc1nc2ccccc2s1. The third-order valence-corrected chi connectivity index (χ3v) is 4.80. The van der Waals surface area contributed by atoms with Gasteiger partial charge < -0.3 is 4.74 Å². The Labute approximate surface area is 133 Å². The van der Waals surface area contributed by atoms with Gasteiger partial charge in [0.25, 0.3) is 0 Å². The summed E-state index contributed by atoms with van der Waals surface area (Å²) < 4.78 is 7.43. The second-order valence-corrected chi connectivity index (χ2v) is 7.88. The maximum absolute atomic E-state index is 11.5. The molecular formula is C16H19NO2S2. The van der Waals surface area contributed by atoms with E-state index in [-0.39, 0.29) is 5.97 Å². The third-order valence-electron chi connectivity index (χ3n) is 2.67. The number of rotatable bonds is 5. The molecule has 0 saturated carbocycles. The predicted molar refractivity (Wildman–Crippen MR) is 89.9 cm³/mol. The Hall–Kier alpha value is -1.33. The number of aromatic nitrogens is 1. The number of hydrogen-bond donors (Lipinski definition) is 0. The van der Waals surface area contributed by atoms with E-state index in [0.29, 0.717) is 6.61 Å². The molecule has 0 fully saturated rings. The molecule has 0 saturated heterocycles. The first-order valence-corrected chi connectivity index (χ1v) is 8.57. The van der Waals surface area contributed by atoms with Crippen LogP contribution in [0, 0.1) is 5.41 Å². The first-order chi connectivity index (χ1) is 9.97. The number of carbonyl (C=O) groups excluding carboxylic acids is 1. The van der Waals surface area contributed by atoms with Crippen LogP contribution in [-0.4, -0.2) is 23.3 Å². The predicted octanol–water partition coefficient (Wildman–Crippen LogP) is 4.53. The number of benzene rings is 1. The van der Waals surface area contributed by atoms with Crippen LogP contribution in [0.5, 0.6) is 0 Å². The van der Waals surface area contributed by atoms with E-state index < -0.39 is 5.41 Å². The molecule has 0 N–H and O–H groups in total. The molecular weight excluding hydrogens is 302 g/mol. The van der Waals surface area contributed by atoms with Crippen LogP contribution in [0.3, 0.4) is 0 Å². The van der Waals surface area contributed by atoms with Crippen LogP contribution in [0.15, 0.2) is 40.8 Å². The van der Waals surface area contributed by atoms with E-state index in [4.69, 9.17) is 4.74 Å². The normalized spacial score (nSPS) is 12.1. The van der Waals surface area contributed by atoms with Gasteiger partial charge in [0.1, 0.15) is 6.61 Å². The maximum Gasteiger partial charge on any atom is 0.311 e. The van der Waals surface area contributed by atoms with E-state index >= 15 is 0 Å². The van der Waals surface area contributed by atoms with E-state index in [9.17, 15) is 4.79 Å². The number of esters is 1. The van der Waals surface area contributed by atoms with E-state index in [2.05, 4.69) is 11.1 Å². The molecule has 0 aliphatic rings. The van der Waals surface area contributed by atoms with Gasteiger partial charge in [-0.1, -0.05) is 36.0 Å². The molecule has 0 atom stereocenters. The summed E-state index contributed by atoms with van der Waals surface area (Å²) in [5, 5.41) is 0. The number of nitrogens with zero attached hydrogens (tertiary/aromatic N) is 1. The molecule has 0 bridgehead atoms. The minimum atomic E-state index is -0.441. The van der Waals surface area contributed by atoms with Crippen molar-refractivity contribution in [3.05, 3.63) is 36.4 Å². The molecule has 2 rings (SSSR count). The highest BCUT2D eigenvalue weighted by molar-refractivity contribution is 8.01. The molecule has 0 unspecified atom stereocenters. The summed E-state index contributed by atoms with van der Waals surface area (Å²) in [5.41, 5.74) is 0.608. The fraction of sp³-hybridized carbons (Fsp3) is 0.375. The molecule has 0 aliphatic heterocycles. The van der Waals surface area contributed by atoms with Crippen molar-refractivity contribution in [3.8, 4) is 0 Å². The number of thioether (sulfide) groups is 1. The van der Waals surface area contributed by atoms with Crippen LogP contribution in [0.1, 0.15) is 20.8 Å². The molecule has 0 spiro atoms. The van der Waals surface area contributed by atoms with Crippen LogP contribution in [-0.2, 0) is 9.53 Å². The summed E-state index contributed by atoms with van der Waals surface area (Å²) in [7, 11) is 0. The van der Waals surface area contributed by atoms with Gasteiger partial charge in [0.2, 0.25) is 0 Å². The van der Waals surface area contributed by atoms with E-state index in [1.54, 1.807) is 23.1 Å². The summed E-state index contributed by atoms with van der Waals surface area (Å²) in [6, 6.07) is 8.13. The van der Waals surface area contributed by atoms with E-state index in [1.165, 1.54) is 4.70 Å². The van der Waals surface area contributed by atoms with Crippen LogP contribution in [0.25, 0.3) is 10.2 Å². The lowest BCUT2D eigenvalue weighted by Crippen LogP contribution is -2.22. The summed E-state index contributed by atoms with van der Waals surface area (Å²) in [6.07, 6.45) is 3.89. The Morgan fingerprint density at radius 1 is 1.33 bits per heavy atom. The van der Waals surface area contributed by atoms with Crippen LogP contribution >= 0.6 is 23.1 Å². The van der Waals surface area contributed by atoms with Crippen molar-refractivity contribution >= 4 is 39.3 Å². The average molecular weight is 321 g/mol. The number of fused-ring (bicyclic) bond motifs is 1. The Bertz CT molecular complexity index is 608. The highest BCUT2D eigenvalue weighted by Crippen LogP contribution is 2.29. The van der Waals surface area contributed by atoms with Crippen molar-refractivity contribution in [1.29, 1.82) is 0 Å². The molecule has 1 aromatic heterocycles. The number of carbonyl (C=O) groups is 1. The number of thiazole rings is 1. The second kappa shape index (κ2) is 7.09. The first-order valence-electron chi connectivity index (χ1n) is 6.77. The molecule has 21 heavy (non-hydrogen) atoms. The van der Waals surface area contributed by atoms with Gasteiger partial charge >= 0.3 is 5.97 Å². The Balaban J connectivity index is 1.74. The first kappa shape index (κ1) is 16.0. The Morgan fingerprint density at radius 2 is 2.10 bits per heavy atom. The van der Waals surface area contributed by atoms with Crippen LogP contribution < -0.4 is 0 Å². The molecule has 112 valence electrons. The zero-order valence-corrected chi connectivity index (χ0v) is 14.1. The highest BCUT2D eigenvalue weighted by Gasteiger charge is 2.22. The second-order valence-electron chi connectivity index (χ2n) is 5.58. The van der Waals surface area contributed by atoms with E-state index in [1.807, 2.05) is 51.1 Å². The zero-order valence-electron chi connectivity index (χ0n) is 12.5. The van der Waals surface area contributed by atoms with Crippen molar-refractivity contribution < 1.29 is 9.53 Å². The zero-order chi connectivity index (χ0) is 15.3. The molecule has 0 amide bonds. The van der Waals surface area contributed by atoms with Gasteiger partial charge in [-0.05, 0) is 32.9 Å². The lowest BCUT2D eigenvalue weighted by molar-refractivity contribution is -0.151. The summed E-state index contributed by atoms with van der Waals surface area (Å²) in [5.74, 6) is 0.651. The van der Waals surface area contributed by atoms with Crippen LogP contribution in [0.2, 0.25) is 0 Å². The third kappa shape index (κ3) is 4.86. The van der Waals surface area contributed by atoms with Gasteiger partial charge in [0.15, 0.2) is 4.34 Å². The molecule has 3 nitrogen and oxygen atoms in total. The minimum Gasteiger partial charge on any atom is -0.461 e. The average Bonchev–Trinajstić information content (AvgIpc) is 2.83. The summed E-state index contributed by atoms with van der Waals surface area (Å²) >= 11 is 3.39. The van der Waals surface area contributed by atoms with Crippen molar-refractivity contribution in [2.45, 2.75) is 25.1 Å². The van der Waals surface area contributed by atoms with Crippen molar-refractivity contribution in [1.82, 2.24) is 4.98 Å². The topological polar surface area (TPSA) is 39.2 Å². The highest BCUT2D eigenvalue weighted by atomic mass is 32.2. The van der Waals surface area contributed by atoms with Gasteiger partial charge in [-0.15, -0.1) is 11.3 Å². The quantitative estimate of drug-likeness (QED) is 0.460. The maximum atomic E-state index is 11.5. The number of hydrogen-bond acceptors (Lipinski definition) is 5.